The van der Waals surface area contributed by atoms with Crippen LogP contribution >= 0.6 is 7.60 Å². The molecule has 1 heterocycles. The highest BCUT2D eigenvalue weighted by atomic mass is 31.2. The molecule has 0 aromatic carbocycles. The molecule has 0 aromatic heterocycles. The van der Waals surface area contributed by atoms with Crippen molar-refractivity contribution >= 4 is 7.60 Å². The molecular formula is C12H25O5P. The van der Waals surface area contributed by atoms with Crippen LogP contribution in [0.5, 0.6) is 0 Å². The molecule has 3 unspecified atom stereocenters. The van der Waals surface area contributed by atoms with E-state index < -0.39 is 7.60 Å². The van der Waals surface area contributed by atoms with E-state index >= 15 is 0 Å². The molecule has 1 aliphatic rings. The molecule has 5 nitrogen and oxygen atoms in total. The molecule has 0 spiro atoms. The molecule has 1 fully saturated rings. The van der Waals surface area contributed by atoms with Crippen LogP contribution in [0.1, 0.15) is 34.1 Å². The van der Waals surface area contributed by atoms with Crippen molar-refractivity contribution in [3.63, 3.8) is 0 Å². The van der Waals surface area contributed by atoms with Gasteiger partial charge in [-0.2, -0.15) is 0 Å². The second-order valence-electron chi connectivity index (χ2n) is 5.23. The third kappa shape index (κ3) is 6.30. The van der Waals surface area contributed by atoms with Crippen LogP contribution in [0.4, 0.5) is 0 Å². The third-order valence-corrected chi connectivity index (χ3v) is 3.83. The molecule has 0 aromatic rings. The first kappa shape index (κ1) is 16.1. The monoisotopic (exact) mass is 280 g/mol. The first-order valence-corrected chi connectivity index (χ1v) is 8.45. The normalized spacial score (nSPS) is 28.6. The van der Waals surface area contributed by atoms with E-state index in [1.807, 2.05) is 27.7 Å². The summed E-state index contributed by atoms with van der Waals surface area (Å²) in [7, 11) is -3.01. The maximum atomic E-state index is 12.1. The average Bonchev–Trinajstić information content (AvgIpc) is 2.13. The molecule has 6 heteroatoms. The molecule has 1 saturated heterocycles. The Hall–Kier alpha value is 0.0700. The van der Waals surface area contributed by atoms with Gasteiger partial charge in [-0.05, 0) is 27.7 Å². The van der Waals surface area contributed by atoms with Crippen molar-refractivity contribution in [3.8, 4) is 0 Å². The number of rotatable bonds is 6. The second-order valence-corrected chi connectivity index (χ2v) is 7.20. The van der Waals surface area contributed by atoms with E-state index in [1.54, 1.807) is 0 Å². The molecule has 0 N–H and O–H groups in total. The Labute approximate surface area is 110 Å². The fraction of sp³-hybridized carbons (Fsp3) is 1.00. The van der Waals surface area contributed by atoms with Crippen molar-refractivity contribution in [1.82, 2.24) is 0 Å². The lowest BCUT2D eigenvalue weighted by Gasteiger charge is -2.32. The third-order valence-electron chi connectivity index (χ3n) is 2.34. The Bertz CT molecular complexity index is 292. The molecule has 18 heavy (non-hydrogen) atoms. The van der Waals surface area contributed by atoms with Crippen LogP contribution < -0.4 is 0 Å². The Morgan fingerprint density at radius 1 is 1.11 bits per heavy atom. The highest BCUT2D eigenvalue weighted by molar-refractivity contribution is 7.53. The zero-order valence-electron chi connectivity index (χ0n) is 11.9. The van der Waals surface area contributed by atoms with Gasteiger partial charge in [0, 0.05) is 13.1 Å². The quantitative estimate of drug-likeness (QED) is 0.700. The molecule has 0 saturated carbocycles. The summed E-state index contributed by atoms with van der Waals surface area (Å²) in [6, 6.07) is 0. The summed E-state index contributed by atoms with van der Waals surface area (Å²) < 4.78 is 34.0. The van der Waals surface area contributed by atoms with Crippen LogP contribution in [0.25, 0.3) is 0 Å². The predicted octanol–water partition coefficient (Wildman–Crippen LogP) is 2.83. The van der Waals surface area contributed by atoms with Gasteiger partial charge in [-0.25, -0.2) is 0 Å². The Balaban J connectivity index is 2.44. The van der Waals surface area contributed by atoms with E-state index in [0.717, 1.165) is 0 Å². The van der Waals surface area contributed by atoms with Gasteiger partial charge < -0.3 is 18.5 Å². The van der Waals surface area contributed by atoms with Crippen molar-refractivity contribution in [3.05, 3.63) is 0 Å². The summed E-state index contributed by atoms with van der Waals surface area (Å²) in [6.45, 7) is 10.1. The van der Waals surface area contributed by atoms with E-state index in [0.29, 0.717) is 19.6 Å². The van der Waals surface area contributed by atoms with Gasteiger partial charge in [0.15, 0.2) is 0 Å². The number of ether oxygens (including phenoxy) is 2. The Kier molecular flexibility index (Phi) is 6.28. The lowest BCUT2D eigenvalue weighted by Crippen LogP contribution is -2.37. The average molecular weight is 280 g/mol. The van der Waals surface area contributed by atoms with Gasteiger partial charge in [-0.3, -0.25) is 4.57 Å². The lowest BCUT2D eigenvalue weighted by atomic mass is 10.1. The van der Waals surface area contributed by atoms with Crippen molar-refractivity contribution in [2.24, 2.45) is 0 Å². The lowest BCUT2D eigenvalue weighted by molar-refractivity contribution is -0.110. The first-order chi connectivity index (χ1) is 8.28. The summed E-state index contributed by atoms with van der Waals surface area (Å²) in [4.78, 5) is 0. The zero-order chi connectivity index (χ0) is 13.8. The van der Waals surface area contributed by atoms with Crippen molar-refractivity contribution in [2.45, 2.75) is 58.5 Å². The van der Waals surface area contributed by atoms with Gasteiger partial charge in [-0.15, -0.1) is 0 Å². The Morgan fingerprint density at radius 2 is 1.72 bits per heavy atom. The maximum Gasteiger partial charge on any atom is 0.328 e. The number of hydrogen-bond donors (Lipinski definition) is 0. The van der Waals surface area contributed by atoms with Crippen molar-refractivity contribution in [2.75, 3.05) is 19.9 Å². The maximum absolute atomic E-state index is 12.1. The molecule has 0 bridgehead atoms. The van der Waals surface area contributed by atoms with E-state index in [9.17, 15) is 4.57 Å². The van der Waals surface area contributed by atoms with Crippen molar-refractivity contribution in [1.29, 1.82) is 0 Å². The highest BCUT2D eigenvalue weighted by Crippen LogP contribution is 2.47. The van der Waals surface area contributed by atoms with Gasteiger partial charge in [0.25, 0.3) is 0 Å². The topological polar surface area (TPSA) is 54.0 Å². The second kappa shape index (κ2) is 7.01. The van der Waals surface area contributed by atoms with Crippen LogP contribution in [0.2, 0.25) is 0 Å². The van der Waals surface area contributed by atoms with E-state index in [2.05, 4.69) is 0 Å². The van der Waals surface area contributed by atoms with Crippen LogP contribution in [0, 0.1) is 0 Å². The minimum atomic E-state index is -3.01. The molecular weight excluding hydrogens is 255 g/mol. The summed E-state index contributed by atoms with van der Waals surface area (Å²) in [6.07, 6.45) is 0.503. The van der Waals surface area contributed by atoms with Crippen LogP contribution in [-0.2, 0) is 23.1 Å². The standard InChI is InChI=1S/C12H25O5P/c1-9(2)15-11-6-12(8-14-7-11)17-18(5,13)16-10(3)4/h9-12H,6-8H2,1-5H3. The van der Waals surface area contributed by atoms with Gasteiger partial charge >= 0.3 is 7.60 Å². The van der Waals surface area contributed by atoms with E-state index in [-0.39, 0.29) is 24.4 Å². The van der Waals surface area contributed by atoms with Crippen LogP contribution in [0.15, 0.2) is 0 Å². The summed E-state index contributed by atoms with van der Waals surface area (Å²) >= 11 is 0. The minimum absolute atomic E-state index is 0.00259. The van der Waals surface area contributed by atoms with Crippen LogP contribution in [0.3, 0.4) is 0 Å². The predicted molar refractivity (Wildman–Crippen MR) is 70.1 cm³/mol. The van der Waals surface area contributed by atoms with Crippen molar-refractivity contribution < 1.29 is 23.1 Å². The van der Waals surface area contributed by atoms with E-state index in [1.165, 1.54) is 6.66 Å². The summed E-state index contributed by atoms with van der Waals surface area (Å²) in [5.41, 5.74) is 0. The molecule has 108 valence electrons. The fourth-order valence-corrected chi connectivity index (χ4v) is 3.50. The molecule has 1 rings (SSSR count). The zero-order valence-corrected chi connectivity index (χ0v) is 12.8. The highest BCUT2D eigenvalue weighted by Gasteiger charge is 2.30. The number of hydrogen-bond acceptors (Lipinski definition) is 5. The Morgan fingerprint density at radius 3 is 2.28 bits per heavy atom. The SMILES string of the molecule is CC(C)OC1COCC(OP(C)(=O)OC(C)C)C1. The fourth-order valence-electron chi connectivity index (χ4n) is 1.99. The summed E-state index contributed by atoms with van der Waals surface area (Å²) in [5.74, 6) is 0. The smallest absolute Gasteiger partial charge is 0.328 e. The molecule has 1 aliphatic heterocycles. The first-order valence-electron chi connectivity index (χ1n) is 6.46. The van der Waals surface area contributed by atoms with Gasteiger partial charge in [0.2, 0.25) is 0 Å². The van der Waals surface area contributed by atoms with Crippen LogP contribution in [-0.4, -0.2) is 44.3 Å². The van der Waals surface area contributed by atoms with Gasteiger partial charge in [0.1, 0.15) is 0 Å². The molecule has 3 atom stereocenters. The van der Waals surface area contributed by atoms with Gasteiger partial charge in [0.05, 0.1) is 37.6 Å². The largest absolute Gasteiger partial charge is 0.376 e. The van der Waals surface area contributed by atoms with E-state index in [4.69, 9.17) is 18.5 Å². The molecule has 0 aliphatic carbocycles. The summed E-state index contributed by atoms with van der Waals surface area (Å²) in [5, 5.41) is 0. The van der Waals surface area contributed by atoms with Gasteiger partial charge in [-0.1, -0.05) is 0 Å². The molecule has 0 radical (unpaired) electrons. The minimum Gasteiger partial charge on any atom is -0.376 e. The molecule has 0 amide bonds.